The van der Waals surface area contributed by atoms with Crippen molar-refractivity contribution in [3.8, 4) is 5.75 Å². The van der Waals surface area contributed by atoms with Crippen molar-refractivity contribution in [2.75, 3.05) is 13.7 Å². The quantitative estimate of drug-likeness (QED) is 0.803. The first kappa shape index (κ1) is 18.6. The average Bonchev–Trinajstić information content (AvgIpc) is 2.93. The van der Waals surface area contributed by atoms with Crippen molar-refractivity contribution in [2.45, 2.75) is 38.3 Å². The monoisotopic (exact) mass is 372 g/mol. The van der Waals surface area contributed by atoms with Gasteiger partial charge < -0.3 is 15.0 Å². The molecule has 2 amide bonds. The number of rotatable bonds is 4. The number of hydrogen-bond donors (Lipinski definition) is 1. The number of likely N-dealkylation sites (tertiary alicyclic amines) is 1. The lowest BCUT2D eigenvalue weighted by atomic mass is 10.0. The van der Waals surface area contributed by atoms with Crippen molar-refractivity contribution >= 4 is 17.6 Å². The van der Waals surface area contributed by atoms with Crippen LogP contribution in [0.2, 0.25) is 5.02 Å². The van der Waals surface area contributed by atoms with Gasteiger partial charge in [0, 0.05) is 18.1 Å². The van der Waals surface area contributed by atoms with Crippen LogP contribution in [-0.2, 0) is 6.54 Å². The Morgan fingerprint density at radius 3 is 2.77 bits per heavy atom. The number of carbonyl (C=O) groups excluding carboxylic acids is 1. The van der Waals surface area contributed by atoms with Crippen molar-refractivity contribution in [2.24, 2.45) is 0 Å². The summed E-state index contributed by atoms with van der Waals surface area (Å²) in [5.74, 6) is 0.797. The Bertz CT molecular complexity index is 733. The molecule has 1 aliphatic heterocycles. The van der Waals surface area contributed by atoms with Crippen molar-refractivity contribution in [3.05, 3.63) is 64.7 Å². The third-order valence-corrected chi connectivity index (χ3v) is 5.10. The molecular formula is C21H25ClN2O2. The van der Waals surface area contributed by atoms with Crippen LogP contribution in [0.15, 0.2) is 48.5 Å². The lowest BCUT2D eigenvalue weighted by molar-refractivity contribution is 0.175. The molecule has 1 saturated heterocycles. The largest absolute Gasteiger partial charge is 0.497 e. The molecule has 1 heterocycles. The van der Waals surface area contributed by atoms with Gasteiger partial charge in [-0.3, -0.25) is 0 Å². The standard InChI is InChI=1S/C21H25ClN2O2/c1-26-19-7-5-6-16(14-19)15-23-21(25)24-13-4-2-3-8-20(24)17-9-11-18(22)12-10-17/h5-7,9-12,14,20H,2-4,8,13,15H2,1H3,(H,23,25)/t20-/m1/s1. The van der Waals surface area contributed by atoms with Gasteiger partial charge in [0.1, 0.15) is 5.75 Å². The fourth-order valence-corrected chi connectivity index (χ4v) is 3.57. The highest BCUT2D eigenvalue weighted by atomic mass is 35.5. The molecule has 0 aromatic heterocycles. The molecule has 3 rings (SSSR count). The lowest BCUT2D eigenvalue weighted by Crippen LogP contribution is -2.41. The number of amides is 2. The molecule has 1 atom stereocenters. The Labute approximate surface area is 160 Å². The predicted octanol–water partition coefficient (Wildman–Crippen LogP) is 5.18. The summed E-state index contributed by atoms with van der Waals surface area (Å²) in [6, 6.07) is 15.7. The van der Waals surface area contributed by atoms with E-state index in [9.17, 15) is 4.79 Å². The van der Waals surface area contributed by atoms with Crippen LogP contribution in [0, 0.1) is 0 Å². The fraction of sp³-hybridized carbons (Fsp3) is 0.381. The molecule has 0 radical (unpaired) electrons. The highest BCUT2D eigenvalue weighted by Crippen LogP contribution is 2.31. The molecule has 0 aliphatic carbocycles. The van der Waals surface area contributed by atoms with Gasteiger partial charge in [0.2, 0.25) is 0 Å². The second-order valence-electron chi connectivity index (χ2n) is 6.62. The molecule has 0 bridgehead atoms. The summed E-state index contributed by atoms with van der Waals surface area (Å²) >= 11 is 6.02. The van der Waals surface area contributed by atoms with Gasteiger partial charge in [-0.15, -0.1) is 0 Å². The summed E-state index contributed by atoms with van der Waals surface area (Å²) in [5, 5.41) is 3.78. The van der Waals surface area contributed by atoms with E-state index < -0.39 is 0 Å². The lowest BCUT2D eigenvalue weighted by Gasteiger charge is -2.30. The van der Waals surface area contributed by atoms with Crippen LogP contribution in [0.5, 0.6) is 5.75 Å². The Hall–Kier alpha value is -2.20. The number of urea groups is 1. The normalized spacial score (nSPS) is 17.5. The smallest absolute Gasteiger partial charge is 0.318 e. The van der Waals surface area contributed by atoms with E-state index in [1.54, 1.807) is 7.11 Å². The zero-order valence-corrected chi connectivity index (χ0v) is 15.8. The van der Waals surface area contributed by atoms with Crippen molar-refractivity contribution in [3.63, 3.8) is 0 Å². The van der Waals surface area contributed by atoms with Crippen LogP contribution >= 0.6 is 11.6 Å². The molecular weight excluding hydrogens is 348 g/mol. The Morgan fingerprint density at radius 1 is 1.19 bits per heavy atom. The van der Waals surface area contributed by atoms with Gasteiger partial charge in [0.15, 0.2) is 0 Å². The summed E-state index contributed by atoms with van der Waals surface area (Å²) in [5.41, 5.74) is 2.17. The van der Waals surface area contributed by atoms with Crippen LogP contribution in [0.3, 0.4) is 0 Å². The molecule has 2 aromatic rings. The molecule has 1 N–H and O–H groups in total. The molecule has 26 heavy (non-hydrogen) atoms. The van der Waals surface area contributed by atoms with Crippen molar-refractivity contribution in [1.82, 2.24) is 10.2 Å². The first-order chi connectivity index (χ1) is 12.7. The summed E-state index contributed by atoms with van der Waals surface area (Å²) in [6.07, 6.45) is 4.31. The van der Waals surface area contributed by atoms with E-state index in [-0.39, 0.29) is 12.1 Å². The van der Waals surface area contributed by atoms with Crippen LogP contribution in [0.25, 0.3) is 0 Å². The van der Waals surface area contributed by atoms with Crippen molar-refractivity contribution in [1.29, 1.82) is 0 Å². The minimum atomic E-state index is -0.0188. The summed E-state index contributed by atoms with van der Waals surface area (Å²) in [7, 11) is 1.64. The average molecular weight is 373 g/mol. The van der Waals surface area contributed by atoms with Gasteiger partial charge in [-0.2, -0.15) is 0 Å². The maximum atomic E-state index is 12.9. The SMILES string of the molecule is COc1cccc(CNC(=O)N2CCCCC[C@@H]2c2ccc(Cl)cc2)c1. The van der Waals surface area contributed by atoms with E-state index in [1.807, 2.05) is 53.4 Å². The number of nitrogens with one attached hydrogen (secondary N) is 1. The Kier molecular flexibility index (Phi) is 6.40. The molecule has 4 nitrogen and oxygen atoms in total. The van der Waals surface area contributed by atoms with E-state index >= 15 is 0 Å². The third kappa shape index (κ3) is 4.70. The molecule has 2 aromatic carbocycles. The van der Waals surface area contributed by atoms with Gasteiger partial charge in [0.05, 0.1) is 13.2 Å². The molecule has 1 aliphatic rings. The third-order valence-electron chi connectivity index (χ3n) is 4.85. The Balaban J connectivity index is 1.70. The minimum absolute atomic E-state index is 0.0188. The van der Waals surface area contributed by atoms with Crippen LogP contribution in [-0.4, -0.2) is 24.6 Å². The zero-order chi connectivity index (χ0) is 18.4. The first-order valence-electron chi connectivity index (χ1n) is 9.10. The summed E-state index contributed by atoms with van der Waals surface area (Å²) in [6.45, 7) is 1.26. The molecule has 1 fully saturated rings. The number of methoxy groups -OCH3 is 1. The van der Waals surface area contributed by atoms with Gasteiger partial charge >= 0.3 is 6.03 Å². The van der Waals surface area contributed by atoms with Gasteiger partial charge in [-0.1, -0.05) is 48.7 Å². The fourth-order valence-electron chi connectivity index (χ4n) is 3.44. The summed E-state index contributed by atoms with van der Waals surface area (Å²) in [4.78, 5) is 14.9. The van der Waals surface area contributed by atoms with E-state index in [0.29, 0.717) is 6.54 Å². The van der Waals surface area contributed by atoms with E-state index in [1.165, 1.54) is 0 Å². The summed E-state index contributed by atoms with van der Waals surface area (Å²) < 4.78 is 5.25. The van der Waals surface area contributed by atoms with Gasteiger partial charge in [0.25, 0.3) is 0 Å². The van der Waals surface area contributed by atoms with Crippen molar-refractivity contribution < 1.29 is 9.53 Å². The number of hydrogen-bond acceptors (Lipinski definition) is 2. The number of ether oxygens (including phenoxy) is 1. The molecule has 5 heteroatoms. The second kappa shape index (κ2) is 8.95. The molecule has 0 saturated carbocycles. The number of nitrogens with zero attached hydrogens (tertiary/aromatic N) is 1. The minimum Gasteiger partial charge on any atom is -0.497 e. The molecule has 0 spiro atoms. The van der Waals surface area contributed by atoms with Crippen LogP contribution < -0.4 is 10.1 Å². The zero-order valence-electron chi connectivity index (χ0n) is 15.1. The van der Waals surface area contributed by atoms with Gasteiger partial charge in [-0.05, 0) is 48.2 Å². The van der Waals surface area contributed by atoms with Crippen LogP contribution in [0.1, 0.15) is 42.9 Å². The first-order valence-corrected chi connectivity index (χ1v) is 9.48. The molecule has 0 unspecified atom stereocenters. The Morgan fingerprint density at radius 2 is 2.00 bits per heavy atom. The highest BCUT2D eigenvalue weighted by Gasteiger charge is 2.26. The second-order valence-corrected chi connectivity index (χ2v) is 7.06. The number of benzene rings is 2. The van der Waals surface area contributed by atoms with Crippen LogP contribution in [0.4, 0.5) is 4.79 Å². The maximum absolute atomic E-state index is 12.9. The van der Waals surface area contributed by atoms with E-state index in [2.05, 4.69) is 5.32 Å². The highest BCUT2D eigenvalue weighted by molar-refractivity contribution is 6.30. The van der Waals surface area contributed by atoms with E-state index in [4.69, 9.17) is 16.3 Å². The predicted molar refractivity (Wildman–Crippen MR) is 105 cm³/mol. The number of carbonyl (C=O) groups is 1. The van der Waals surface area contributed by atoms with Gasteiger partial charge in [-0.25, -0.2) is 4.79 Å². The topological polar surface area (TPSA) is 41.6 Å². The van der Waals surface area contributed by atoms with E-state index in [0.717, 1.165) is 54.1 Å². The number of halogens is 1. The molecule has 138 valence electrons. The maximum Gasteiger partial charge on any atom is 0.318 e.